The SMILES string of the molecule is CCCN1C[C@@H](NC(=O)Nc2ccc(C(=O)OC)c(Cl)c2)CC1=O. The first kappa shape index (κ1) is 18.1. The van der Waals surface area contributed by atoms with E-state index in [-0.39, 0.29) is 22.5 Å². The van der Waals surface area contributed by atoms with Crippen LogP contribution in [0.15, 0.2) is 18.2 Å². The number of anilines is 1. The molecule has 130 valence electrons. The van der Waals surface area contributed by atoms with E-state index in [1.807, 2.05) is 6.92 Å². The van der Waals surface area contributed by atoms with Gasteiger partial charge < -0.3 is 20.3 Å². The van der Waals surface area contributed by atoms with Crippen LogP contribution in [0.5, 0.6) is 0 Å². The third-order valence-electron chi connectivity index (χ3n) is 3.68. The van der Waals surface area contributed by atoms with Crippen molar-refractivity contribution in [1.29, 1.82) is 0 Å². The fourth-order valence-electron chi connectivity index (χ4n) is 2.58. The van der Waals surface area contributed by atoms with Crippen molar-refractivity contribution in [2.45, 2.75) is 25.8 Å². The van der Waals surface area contributed by atoms with Crippen molar-refractivity contribution in [2.75, 3.05) is 25.5 Å². The minimum Gasteiger partial charge on any atom is -0.465 e. The van der Waals surface area contributed by atoms with Gasteiger partial charge in [0, 0.05) is 25.2 Å². The van der Waals surface area contributed by atoms with Crippen molar-refractivity contribution >= 4 is 35.2 Å². The molecule has 2 N–H and O–H groups in total. The maximum Gasteiger partial charge on any atom is 0.339 e. The Bertz CT molecular complexity index is 650. The van der Waals surface area contributed by atoms with Gasteiger partial charge in [0.05, 0.1) is 23.7 Å². The van der Waals surface area contributed by atoms with Gasteiger partial charge in [0.2, 0.25) is 5.91 Å². The van der Waals surface area contributed by atoms with Crippen molar-refractivity contribution < 1.29 is 19.1 Å². The van der Waals surface area contributed by atoms with E-state index >= 15 is 0 Å². The molecule has 1 aromatic carbocycles. The zero-order valence-corrected chi connectivity index (χ0v) is 14.4. The van der Waals surface area contributed by atoms with E-state index in [4.69, 9.17) is 11.6 Å². The standard InChI is InChI=1S/C16H20ClN3O4/c1-3-6-20-9-11(8-14(20)21)19-16(23)18-10-4-5-12(13(17)7-10)15(22)24-2/h4-5,7,11H,3,6,8-9H2,1-2H3,(H2,18,19,23)/t11-/m0/s1. The second-order valence-corrected chi connectivity index (χ2v) is 5.93. The van der Waals surface area contributed by atoms with Gasteiger partial charge in [-0.15, -0.1) is 0 Å². The Morgan fingerprint density at radius 2 is 2.17 bits per heavy atom. The number of urea groups is 1. The van der Waals surface area contributed by atoms with Crippen LogP contribution in [0.3, 0.4) is 0 Å². The summed E-state index contributed by atoms with van der Waals surface area (Å²) in [4.78, 5) is 37.0. The average Bonchev–Trinajstić information content (AvgIpc) is 2.86. The number of carbonyl (C=O) groups is 3. The molecule has 0 aliphatic carbocycles. The van der Waals surface area contributed by atoms with Gasteiger partial charge in [0.15, 0.2) is 0 Å². The zero-order valence-electron chi connectivity index (χ0n) is 13.6. The van der Waals surface area contributed by atoms with E-state index in [2.05, 4.69) is 15.4 Å². The second-order valence-electron chi connectivity index (χ2n) is 5.53. The molecule has 0 spiro atoms. The highest BCUT2D eigenvalue weighted by molar-refractivity contribution is 6.33. The predicted octanol–water partition coefficient (Wildman–Crippen LogP) is 2.26. The van der Waals surface area contributed by atoms with E-state index in [1.165, 1.54) is 19.2 Å². The Hall–Kier alpha value is -2.28. The number of likely N-dealkylation sites (tertiary alicyclic amines) is 1. The first-order valence-corrected chi connectivity index (χ1v) is 8.05. The number of nitrogens with zero attached hydrogens (tertiary/aromatic N) is 1. The minimum atomic E-state index is -0.545. The van der Waals surface area contributed by atoms with Gasteiger partial charge in [-0.25, -0.2) is 9.59 Å². The van der Waals surface area contributed by atoms with Gasteiger partial charge in [-0.1, -0.05) is 18.5 Å². The van der Waals surface area contributed by atoms with Crippen molar-refractivity contribution in [3.63, 3.8) is 0 Å². The molecule has 1 fully saturated rings. The number of rotatable bonds is 5. The van der Waals surface area contributed by atoms with E-state index in [0.717, 1.165) is 6.42 Å². The largest absolute Gasteiger partial charge is 0.465 e. The number of hydrogen-bond donors (Lipinski definition) is 2. The fourth-order valence-corrected chi connectivity index (χ4v) is 2.83. The number of halogens is 1. The second kappa shape index (κ2) is 8.01. The normalized spacial score (nSPS) is 16.9. The fraction of sp³-hybridized carbons (Fsp3) is 0.438. The monoisotopic (exact) mass is 353 g/mol. The Labute approximate surface area is 145 Å². The molecule has 0 aromatic heterocycles. The lowest BCUT2D eigenvalue weighted by atomic mass is 10.2. The summed E-state index contributed by atoms with van der Waals surface area (Å²) in [5.74, 6) is -0.496. The molecule has 0 bridgehead atoms. The predicted molar refractivity (Wildman–Crippen MR) is 90.2 cm³/mol. The Kier molecular flexibility index (Phi) is 6.03. The minimum absolute atomic E-state index is 0.0487. The highest BCUT2D eigenvalue weighted by atomic mass is 35.5. The van der Waals surface area contributed by atoms with Crippen LogP contribution in [0.4, 0.5) is 10.5 Å². The molecular formula is C16H20ClN3O4. The van der Waals surface area contributed by atoms with Crippen LogP contribution in [0, 0.1) is 0 Å². The molecule has 7 nitrogen and oxygen atoms in total. The van der Waals surface area contributed by atoms with Crippen LogP contribution >= 0.6 is 11.6 Å². The van der Waals surface area contributed by atoms with Crippen LogP contribution < -0.4 is 10.6 Å². The van der Waals surface area contributed by atoms with Crippen molar-refractivity contribution in [2.24, 2.45) is 0 Å². The summed E-state index contributed by atoms with van der Waals surface area (Å²) in [7, 11) is 1.27. The number of esters is 1. The van der Waals surface area contributed by atoms with Crippen LogP contribution in [-0.2, 0) is 9.53 Å². The van der Waals surface area contributed by atoms with Gasteiger partial charge in [0.25, 0.3) is 0 Å². The molecule has 1 aliphatic heterocycles. The van der Waals surface area contributed by atoms with Gasteiger partial charge >= 0.3 is 12.0 Å². The third kappa shape index (κ3) is 4.38. The molecule has 1 atom stereocenters. The number of benzene rings is 1. The maximum atomic E-state index is 12.0. The summed E-state index contributed by atoms with van der Waals surface area (Å²) < 4.78 is 4.61. The maximum absolute atomic E-state index is 12.0. The molecule has 1 heterocycles. The van der Waals surface area contributed by atoms with Crippen molar-refractivity contribution in [3.05, 3.63) is 28.8 Å². The summed E-state index contributed by atoms with van der Waals surface area (Å²) in [6, 6.07) is 3.87. The lowest BCUT2D eigenvalue weighted by Gasteiger charge is -2.16. The van der Waals surface area contributed by atoms with Crippen molar-refractivity contribution in [1.82, 2.24) is 10.2 Å². The summed E-state index contributed by atoms with van der Waals surface area (Å²) in [6.45, 7) is 3.22. The zero-order chi connectivity index (χ0) is 17.7. The molecule has 1 aromatic rings. The van der Waals surface area contributed by atoms with E-state index < -0.39 is 12.0 Å². The number of hydrogen-bond acceptors (Lipinski definition) is 4. The number of amides is 3. The van der Waals surface area contributed by atoms with Crippen molar-refractivity contribution in [3.8, 4) is 0 Å². The van der Waals surface area contributed by atoms with Crippen LogP contribution in [0.1, 0.15) is 30.1 Å². The molecule has 24 heavy (non-hydrogen) atoms. The Morgan fingerprint density at radius 1 is 1.42 bits per heavy atom. The summed E-state index contributed by atoms with van der Waals surface area (Å²) in [5, 5.41) is 5.59. The molecule has 3 amide bonds. The molecule has 0 saturated carbocycles. The smallest absolute Gasteiger partial charge is 0.339 e. The van der Waals surface area contributed by atoms with E-state index in [9.17, 15) is 14.4 Å². The first-order chi connectivity index (χ1) is 11.4. The third-order valence-corrected chi connectivity index (χ3v) is 3.99. The molecule has 2 rings (SSSR count). The average molecular weight is 354 g/mol. The van der Waals surface area contributed by atoms with Crippen LogP contribution in [0.25, 0.3) is 0 Å². The molecule has 8 heteroatoms. The lowest BCUT2D eigenvalue weighted by Crippen LogP contribution is -2.39. The molecule has 0 unspecified atom stereocenters. The lowest BCUT2D eigenvalue weighted by molar-refractivity contribution is -0.127. The topological polar surface area (TPSA) is 87.7 Å². The quantitative estimate of drug-likeness (QED) is 0.795. The number of methoxy groups -OCH3 is 1. The number of ether oxygens (including phenoxy) is 1. The van der Waals surface area contributed by atoms with Gasteiger partial charge in [-0.05, 0) is 24.6 Å². The highest BCUT2D eigenvalue weighted by Crippen LogP contribution is 2.21. The van der Waals surface area contributed by atoms with Gasteiger partial charge in [0.1, 0.15) is 0 Å². The summed E-state index contributed by atoms with van der Waals surface area (Å²) in [5.41, 5.74) is 0.668. The molecule has 1 saturated heterocycles. The van der Waals surface area contributed by atoms with Gasteiger partial charge in [-0.3, -0.25) is 4.79 Å². The summed E-state index contributed by atoms with van der Waals surface area (Å²) >= 11 is 6.01. The van der Waals surface area contributed by atoms with E-state index in [0.29, 0.717) is 25.2 Å². The number of nitrogens with one attached hydrogen (secondary N) is 2. The van der Waals surface area contributed by atoms with Crippen LogP contribution in [-0.4, -0.2) is 49.0 Å². The Balaban J connectivity index is 1.92. The molecular weight excluding hydrogens is 334 g/mol. The number of carbonyl (C=O) groups excluding carboxylic acids is 3. The Morgan fingerprint density at radius 3 is 2.79 bits per heavy atom. The van der Waals surface area contributed by atoms with Gasteiger partial charge in [-0.2, -0.15) is 0 Å². The highest BCUT2D eigenvalue weighted by Gasteiger charge is 2.29. The first-order valence-electron chi connectivity index (χ1n) is 7.67. The molecule has 0 radical (unpaired) electrons. The summed E-state index contributed by atoms with van der Waals surface area (Å²) in [6.07, 6.45) is 1.19. The van der Waals surface area contributed by atoms with Crippen LogP contribution in [0.2, 0.25) is 5.02 Å². The van der Waals surface area contributed by atoms with E-state index in [1.54, 1.807) is 11.0 Å². The molecule has 1 aliphatic rings.